The van der Waals surface area contributed by atoms with Gasteiger partial charge in [-0.3, -0.25) is 21.2 Å². The van der Waals surface area contributed by atoms with Crippen LogP contribution in [0, 0.1) is 5.92 Å². The van der Waals surface area contributed by atoms with Crippen molar-refractivity contribution >= 4 is 0 Å². The van der Waals surface area contributed by atoms with Crippen LogP contribution in [0.5, 0.6) is 0 Å². The van der Waals surface area contributed by atoms with Crippen molar-refractivity contribution in [3.8, 4) is 0 Å². The number of nitrogens with zero attached hydrogens (tertiary/aromatic N) is 2. The average Bonchev–Trinajstić information content (AvgIpc) is 2.74. The van der Waals surface area contributed by atoms with Gasteiger partial charge in [-0.2, -0.15) is 0 Å². The van der Waals surface area contributed by atoms with Gasteiger partial charge in [-0.25, -0.2) is 0 Å². The summed E-state index contributed by atoms with van der Waals surface area (Å²) in [5.74, 6) is 6.19. The molecule has 1 aliphatic carbocycles. The van der Waals surface area contributed by atoms with Crippen molar-refractivity contribution in [2.24, 2.45) is 11.8 Å². The highest BCUT2D eigenvalue weighted by Gasteiger charge is 2.26. The molecule has 1 fully saturated rings. The fourth-order valence-corrected chi connectivity index (χ4v) is 2.22. The fourth-order valence-electron chi connectivity index (χ4n) is 2.22. The Bertz CT molecular complexity index is 269. The summed E-state index contributed by atoms with van der Waals surface area (Å²) >= 11 is 0. The average molecular weight is 192 g/mol. The SMILES string of the molecule is NNC(c1cnccn1)C1CCCC1. The summed E-state index contributed by atoms with van der Waals surface area (Å²) in [4.78, 5) is 8.36. The molecule has 0 aromatic carbocycles. The molecule has 1 atom stereocenters. The lowest BCUT2D eigenvalue weighted by Crippen LogP contribution is -2.33. The lowest BCUT2D eigenvalue weighted by atomic mass is 9.96. The molecule has 1 aliphatic rings. The first-order valence-corrected chi connectivity index (χ1v) is 5.14. The zero-order chi connectivity index (χ0) is 9.80. The van der Waals surface area contributed by atoms with Crippen LogP contribution in [0.3, 0.4) is 0 Å². The summed E-state index contributed by atoms with van der Waals surface area (Å²) in [6, 6.07) is 0.172. The first-order valence-electron chi connectivity index (χ1n) is 5.14. The van der Waals surface area contributed by atoms with Crippen LogP contribution in [0.4, 0.5) is 0 Å². The maximum atomic E-state index is 5.57. The Morgan fingerprint density at radius 2 is 2.14 bits per heavy atom. The van der Waals surface area contributed by atoms with Gasteiger partial charge in [0.05, 0.1) is 17.9 Å². The van der Waals surface area contributed by atoms with Crippen LogP contribution in [0.15, 0.2) is 18.6 Å². The van der Waals surface area contributed by atoms with Crippen molar-refractivity contribution in [3.05, 3.63) is 24.3 Å². The van der Waals surface area contributed by atoms with E-state index in [2.05, 4.69) is 15.4 Å². The smallest absolute Gasteiger partial charge is 0.0772 e. The van der Waals surface area contributed by atoms with Gasteiger partial charge >= 0.3 is 0 Å². The van der Waals surface area contributed by atoms with Gasteiger partial charge in [-0.15, -0.1) is 0 Å². The van der Waals surface area contributed by atoms with Gasteiger partial charge in [-0.1, -0.05) is 12.8 Å². The van der Waals surface area contributed by atoms with Gasteiger partial charge < -0.3 is 0 Å². The van der Waals surface area contributed by atoms with Crippen LogP contribution in [-0.4, -0.2) is 9.97 Å². The van der Waals surface area contributed by atoms with E-state index in [0.717, 1.165) is 5.69 Å². The molecule has 1 heterocycles. The number of aromatic nitrogens is 2. The molecule has 4 nitrogen and oxygen atoms in total. The van der Waals surface area contributed by atoms with Crippen molar-refractivity contribution in [2.75, 3.05) is 0 Å². The minimum atomic E-state index is 0.172. The Labute approximate surface area is 83.9 Å². The first-order chi connectivity index (χ1) is 6.92. The molecule has 0 bridgehead atoms. The van der Waals surface area contributed by atoms with E-state index in [-0.39, 0.29) is 6.04 Å². The number of nitrogens with two attached hydrogens (primary N) is 1. The maximum absolute atomic E-state index is 5.57. The van der Waals surface area contributed by atoms with E-state index in [0.29, 0.717) is 5.92 Å². The Morgan fingerprint density at radius 3 is 2.71 bits per heavy atom. The van der Waals surface area contributed by atoms with E-state index in [1.54, 1.807) is 18.6 Å². The molecular formula is C10H16N4. The van der Waals surface area contributed by atoms with Gasteiger partial charge in [0.15, 0.2) is 0 Å². The maximum Gasteiger partial charge on any atom is 0.0772 e. The molecule has 0 amide bonds. The number of rotatable bonds is 3. The second kappa shape index (κ2) is 4.48. The molecule has 0 spiro atoms. The molecule has 2 rings (SSSR count). The Hall–Kier alpha value is -1.00. The third-order valence-corrected chi connectivity index (χ3v) is 2.95. The molecule has 76 valence electrons. The van der Waals surface area contributed by atoms with Crippen molar-refractivity contribution in [3.63, 3.8) is 0 Å². The largest absolute Gasteiger partial charge is 0.271 e. The third kappa shape index (κ3) is 1.91. The van der Waals surface area contributed by atoms with Gasteiger partial charge in [0.2, 0.25) is 0 Å². The van der Waals surface area contributed by atoms with Crippen LogP contribution in [0.25, 0.3) is 0 Å². The summed E-state index contributed by atoms with van der Waals surface area (Å²) in [6.45, 7) is 0. The van der Waals surface area contributed by atoms with Crippen LogP contribution >= 0.6 is 0 Å². The minimum absolute atomic E-state index is 0.172. The highest BCUT2D eigenvalue weighted by atomic mass is 15.2. The highest BCUT2D eigenvalue weighted by Crippen LogP contribution is 2.34. The summed E-state index contributed by atoms with van der Waals surface area (Å²) in [5.41, 5.74) is 3.82. The monoisotopic (exact) mass is 192 g/mol. The van der Waals surface area contributed by atoms with Crippen molar-refractivity contribution < 1.29 is 0 Å². The number of hydrazine groups is 1. The highest BCUT2D eigenvalue weighted by molar-refractivity contribution is 5.04. The van der Waals surface area contributed by atoms with Crippen molar-refractivity contribution in [1.82, 2.24) is 15.4 Å². The van der Waals surface area contributed by atoms with Crippen LogP contribution in [0.1, 0.15) is 37.4 Å². The van der Waals surface area contributed by atoms with E-state index in [9.17, 15) is 0 Å². The Kier molecular flexibility index (Phi) is 3.06. The predicted octanol–water partition coefficient (Wildman–Crippen LogP) is 1.17. The second-order valence-electron chi connectivity index (χ2n) is 3.82. The molecule has 1 aromatic heterocycles. The molecule has 14 heavy (non-hydrogen) atoms. The lowest BCUT2D eigenvalue weighted by molar-refractivity contribution is 0.365. The predicted molar refractivity (Wildman–Crippen MR) is 54.1 cm³/mol. The quantitative estimate of drug-likeness (QED) is 0.557. The second-order valence-corrected chi connectivity index (χ2v) is 3.82. The summed E-state index contributed by atoms with van der Waals surface area (Å²) in [6.07, 6.45) is 10.3. The Morgan fingerprint density at radius 1 is 1.36 bits per heavy atom. The topological polar surface area (TPSA) is 63.8 Å². The van der Waals surface area contributed by atoms with Gasteiger partial charge in [0, 0.05) is 12.4 Å². The van der Waals surface area contributed by atoms with E-state index in [4.69, 9.17) is 5.84 Å². The van der Waals surface area contributed by atoms with E-state index in [1.807, 2.05) is 0 Å². The molecule has 3 N–H and O–H groups in total. The molecule has 4 heteroatoms. The number of nitrogens with one attached hydrogen (secondary N) is 1. The van der Waals surface area contributed by atoms with Crippen LogP contribution in [-0.2, 0) is 0 Å². The van der Waals surface area contributed by atoms with Gasteiger partial charge in [0.25, 0.3) is 0 Å². The molecular weight excluding hydrogens is 176 g/mol. The van der Waals surface area contributed by atoms with Crippen LogP contribution in [0.2, 0.25) is 0 Å². The molecule has 1 saturated carbocycles. The zero-order valence-corrected chi connectivity index (χ0v) is 8.19. The normalized spacial score (nSPS) is 19.8. The number of hydrogen-bond acceptors (Lipinski definition) is 4. The molecule has 1 aromatic rings. The number of hydrogen-bond donors (Lipinski definition) is 2. The molecule has 0 radical (unpaired) electrons. The Balaban J connectivity index is 2.12. The summed E-state index contributed by atoms with van der Waals surface area (Å²) in [7, 11) is 0. The van der Waals surface area contributed by atoms with Gasteiger partial charge in [-0.05, 0) is 18.8 Å². The lowest BCUT2D eigenvalue weighted by Gasteiger charge is -2.21. The van der Waals surface area contributed by atoms with E-state index >= 15 is 0 Å². The standard InChI is InChI=1S/C10H16N4/c11-14-10(8-3-1-2-4-8)9-7-12-5-6-13-9/h5-8,10,14H,1-4,11H2. The zero-order valence-electron chi connectivity index (χ0n) is 8.19. The molecule has 1 unspecified atom stereocenters. The van der Waals surface area contributed by atoms with Crippen molar-refractivity contribution in [1.29, 1.82) is 0 Å². The third-order valence-electron chi connectivity index (χ3n) is 2.95. The van der Waals surface area contributed by atoms with Gasteiger partial charge in [0.1, 0.15) is 0 Å². The molecule has 0 aliphatic heterocycles. The summed E-state index contributed by atoms with van der Waals surface area (Å²) in [5, 5.41) is 0. The van der Waals surface area contributed by atoms with Crippen molar-refractivity contribution in [2.45, 2.75) is 31.7 Å². The van der Waals surface area contributed by atoms with E-state index < -0.39 is 0 Å². The minimum Gasteiger partial charge on any atom is -0.271 e. The fraction of sp³-hybridized carbons (Fsp3) is 0.600. The molecule has 0 saturated heterocycles. The van der Waals surface area contributed by atoms with E-state index in [1.165, 1.54) is 25.7 Å². The van der Waals surface area contributed by atoms with Crippen LogP contribution < -0.4 is 11.3 Å². The first kappa shape index (κ1) is 9.55. The summed E-state index contributed by atoms with van der Waals surface area (Å²) < 4.78 is 0.